The molecule has 30 heavy (non-hydrogen) atoms. The average Bonchev–Trinajstić information content (AvgIpc) is 2.68. The van der Waals surface area contributed by atoms with Crippen LogP contribution in [0.3, 0.4) is 0 Å². The molecule has 2 aliphatic rings. The third kappa shape index (κ3) is 3.82. The fourth-order valence-corrected chi connectivity index (χ4v) is 5.11. The van der Waals surface area contributed by atoms with Crippen LogP contribution in [-0.4, -0.2) is 35.5 Å². The van der Waals surface area contributed by atoms with Crippen molar-refractivity contribution in [2.45, 2.75) is 50.8 Å². The average molecular weight is 446 g/mol. The lowest BCUT2D eigenvalue weighted by Gasteiger charge is -2.41. The zero-order valence-corrected chi connectivity index (χ0v) is 18.6. The van der Waals surface area contributed by atoms with Crippen molar-refractivity contribution in [2.75, 3.05) is 6.61 Å². The molecule has 7 heteroatoms. The molecule has 2 aromatic carbocycles. The van der Waals surface area contributed by atoms with E-state index in [1.807, 2.05) is 56.3 Å². The number of hydrogen-bond acceptors (Lipinski definition) is 4. The first kappa shape index (κ1) is 21.2. The Hall–Kier alpha value is -2.08. The van der Waals surface area contributed by atoms with Crippen LogP contribution in [0.1, 0.15) is 38.7 Å². The number of nitrogens with zero attached hydrogens (tertiary/aromatic N) is 2. The first-order valence-corrected chi connectivity index (χ1v) is 10.9. The van der Waals surface area contributed by atoms with Crippen LogP contribution in [0.15, 0.2) is 47.5 Å². The molecule has 0 aliphatic carbocycles. The molecule has 2 heterocycles. The molecule has 1 amide bonds. The third-order valence-corrected chi connectivity index (χ3v) is 6.67. The summed E-state index contributed by atoms with van der Waals surface area (Å²) in [7, 11) is 0. The summed E-state index contributed by atoms with van der Waals surface area (Å²) >= 11 is 13.2. The number of carbonyl (C=O) groups is 1. The minimum Gasteiger partial charge on any atom is -0.378 e. The molecule has 0 saturated carbocycles. The molecule has 0 radical (unpaired) electrons. The summed E-state index contributed by atoms with van der Waals surface area (Å²) < 4.78 is 5.61. The largest absolute Gasteiger partial charge is 0.378 e. The second-order valence-electron chi connectivity index (χ2n) is 8.19. The molecule has 1 fully saturated rings. The molecule has 158 valence electrons. The van der Waals surface area contributed by atoms with Gasteiger partial charge in [-0.25, -0.2) is 4.99 Å². The van der Waals surface area contributed by atoms with Gasteiger partial charge in [0.1, 0.15) is 0 Å². The van der Waals surface area contributed by atoms with E-state index >= 15 is 0 Å². The monoisotopic (exact) mass is 445 g/mol. The molecule has 0 unspecified atom stereocenters. The third-order valence-electron chi connectivity index (χ3n) is 5.94. The number of halogens is 2. The summed E-state index contributed by atoms with van der Waals surface area (Å²) in [6, 6.07) is 13.3. The van der Waals surface area contributed by atoms with Crippen LogP contribution >= 0.6 is 23.2 Å². The molecule has 0 bridgehead atoms. The molecule has 1 saturated heterocycles. The van der Waals surface area contributed by atoms with Crippen LogP contribution in [0.5, 0.6) is 0 Å². The van der Waals surface area contributed by atoms with Gasteiger partial charge in [-0.3, -0.25) is 9.69 Å². The summed E-state index contributed by atoms with van der Waals surface area (Å²) in [6.45, 7) is 4.53. The van der Waals surface area contributed by atoms with Crippen molar-refractivity contribution in [1.82, 2.24) is 4.90 Å². The van der Waals surface area contributed by atoms with Crippen molar-refractivity contribution in [2.24, 2.45) is 10.7 Å². The summed E-state index contributed by atoms with van der Waals surface area (Å²) in [5.41, 5.74) is 7.90. The number of hydrogen-bond donors (Lipinski definition) is 1. The summed E-state index contributed by atoms with van der Waals surface area (Å²) in [4.78, 5) is 19.6. The van der Waals surface area contributed by atoms with Crippen molar-refractivity contribution < 1.29 is 9.53 Å². The maximum absolute atomic E-state index is 13.2. The minimum atomic E-state index is -0.844. The van der Waals surface area contributed by atoms with E-state index < -0.39 is 5.54 Å². The van der Waals surface area contributed by atoms with Gasteiger partial charge < -0.3 is 10.5 Å². The molecule has 5 nitrogen and oxygen atoms in total. The summed E-state index contributed by atoms with van der Waals surface area (Å²) in [5.74, 6) is 0.204. The van der Waals surface area contributed by atoms with E-state index in [0.29, 0.717) is 16.7 Å². The van der Waals surface area contributed by atoms with Crippen LogP contribution in [-0.2, 0) is 15.1 Å². The number of nitrogens with two attached hydrogens (primary N) is 1. The van der Waals surface area contributed by atoms with Crippen LogP contribution in [0.4, 0.5) is 0 Å². The number of guanidine groups is 1. The fraction of sp³-hybridized carbons (Fsp3) is 0.391. The minimum absolute atomic E-state index is 0.0134. The van der Waals surface area contributed by atoms with Crippen molar-refractivity contribution >= 4 is 35.1 Å². The van der Waals surface area contributed by atoms with E-state index in [1.54, 1.807) is 4.90 Å². The zero-order chi connectivity index (χ0) is 21.5. The number of benzene rings is 2. The highest BCUT2D eigenvalue weighted by Gasteiger charge is 2.42. The highest BCUT2D eigenvalue weighted by Crippen LogP contribution is 2.43. The SMILES string of the molecule is C[C@H]1C[C@@H](N2C(=O)C[C@@](C)(c3cccc(-c4ccccc4Cl)c3Cl)N=C2N)CCO1. The van der Waals surface area contributed by atoms with Gasteiger partial charge >= 0.3 is 0 Å². The Morgan fingerprint density at radius 3 is 2.60 bits per heavy atom. The van der Waals surface area contributed by atoms with Gasteiger partial charge in [0.05, 0.1) is 23.1 Å². The molecule has 2 N–H and O–H groups in total. The molecule has 2 aromatic rings. The summed E-state index contributed by atoms with van der Waals surface area (Å²) in [5, 5.41) is 1.15. The lowest BCUT2D eigenvalue weighted by Crippen LogP contribution is -2.56. The van der Waals surface area contributed by atoms with Gasteiger partial charge in [-0.05, 0) is 38.3 Å². The Morgan fingerprint density at radius 1 is 1.17 bits per heavy atom. The van der Waals surface area contributed by atoms with Gasteiger partial charge in [-0.15, -0.1) is 0 Å². The molecule has 0 aromatic heterocycles. The number of aliphatic imine (C=N–C) groups is 1. The van der Waals surface area contributed by atoms with E-state index in [4.69, 9.17) is 38.7 Å². The van der Waals surface area contributed by atoms with Gasteiger partial charge in [0.2, 0.25) is 5.91 Å². The Labute approximate surface area is 186 Å². The van der Waals surface area contributed by atoms with Crippen molar-refractivity contribution in [3.8, 4) is 11.1 Å². The molecular weight excluding hydrogens is 421 g/mol. The van der Waals surface area contributed by atoms with Crippen molar-refractivity contribution in [3.63, 3.8) is 0 Å². The number of carbonyl (C=O) groups excluding carboxylic acids is 1. The zero-order valence-electron chi connectivity index (χ0n) is 17.1. The lowest BCUT2D eigenvalue weighted by atomic mass is 9.85. The second kappa shape index (κ2) is 8.22. The van der Waals surface area contributed by atoms with Crippen LogP contribution < -0.4 is 5.73 Å². The van der Waals surface area contributed by atoms with E-state index in [1.165, 1.54) is 0 Å². The predicted molar refractivity (Wildman–Crippen MR) is 121 cm³/mol. The number of rotatable bonds is 3. The van der Waals surface area contributed by atoms with Crippen LogP contribution in [0.25, 0.3) is 11.1 Å². The van der Waals surface area contributed by atoms with Gasteiger partial charge in [0, 0.05) is 28.8 Å². The van der Waals surface area contributed by atoms with Gasteiger partial charge in [0.25, 0.3) is 0 Å². The Balaban J connectivity index is 1.72. The maximum atomic E-state index is 13.2. The Kier molecular flexibility index (Phi) is 5.80. The summed E-state index contributed by atoms with van der Waals surface area (Å²) in [6.07, 6.45) is 1.80. The molecular formula is C23H25Cl2N3O2. The molecule has 0 spiro atoms. The Bertz CT molecular complexity index is 1010. The quantitative estimate of drug-likeness (QED) is 0.723. The number of amides is 1. The predicted octanol–water partition coefficient (Wildman–Crippen LogP) is 4.99. The topological polar surface area (TPSA) is 67.9 Å². The van der Waals surface area contributed by atoms with Crippen LogP contribution in [0, 0.1) is 0 Å². The first-order chi connectivity index (χ1) is 14.3. The molecule has 2 aliphatic heterocycles. The van der Waals surface area contributed by atoms with E-state index in [9.17, 15) is 4.79 Å². The highest BCUT2D eigenvalue weighted by molar-refractivity contribution is 6.37. The van der Waals surface area contributed by atoms with Gasteiger partial charge in [-0.2, -0.15) is 0 Å². The second-order valence-corrected chi connectivity index (χ2v) is 8.98. The maximum Gasteiger partial charge on any atom is 0.232 e. The molecule has 4 rings (SSSR count). The van der Waals surface area contributed by atoms with Gasteiger partial charge in [-0.1, -0.05) is 59.6 Å². The van der Waals surface area contributed by atoms with Crippen molar-refractivity contribution in [1.29, 1.82) is 0 Å². The smallest absolute Gasteiger partial charge is 0.232 e. The fourth-order valence-electron chi connectivity index (χ4n) is 4.44. The van der Waals surface area contributed by atoms with Gasteiger partial charge in [0.15, 0.2) is 5.96 Å². The van der Waals surface area contributed by atoms with E-state index in [-0.39, 0.29) is 30.4 Å². The van der Waals surface area contributed by atoms with Crippen molar-refractivity contribution in [3.05, 3.63) is 58.1 Å². The number of ether oxygens (including phenoxy) is 1. The van der Waals surface area contributed by atoms with E-state index in [0.717, 1.165) is 29.5 Å². The lowest BCUT2D eigenvalue weighted by molar-refractivity contribution is -0.133. The highest BCUT2D eigenvalue weighted by atomic mass is 35.5. The molecule has 3 atom stereocenters. The normalized spacial score (nSPS) is 27.1. The first-order valence-electron chi connectivity index (χ1n) is 10.1. The van der Waals surface area contributed by atoms with E-state index in [2.05, 4.69) is 0 Å². The Morgan fingerprint density at radius 2 is 1.90 bits per heavy atom. The standard InChI is InChI=1S/C23H25Cl2N3O2/c1-14-12-15(10-11-30-14)28-20(29)13-23(2,27-22(28)26)18-8-5-7-17(21(18)25)16-6-3-4-9-19(16)24/h3-9,14-15H,10-13H2,1-2H3,(H2,26,27)/t14-,15-,23-/m0/s1. The van der Waals surface area contributed by atoms with Crippen LogP contribution in [0.2, 0.25) is 10.0 Å².